The van der Waals surface area contributed by atoms with Crippen molar-refractivity contribution >= 4 is 41.4 Å². The second-order valence-electron chi connectivity index (χ2n) is 10.2. The first-order chi connectivity index (χ1) is 21.1. The number of aliphatic hydroxyl groups is 3. The summed E-state index contributed by atoms with van der Waals surface area (Å²) >= 11 is 0. The second-order valence-corrected chi connectivity index (χ2v) is 10.2. The van der Waals surface area contributed by atoms with E-state index in [0.29, 0.717) is 5.56 Å². The molecule has 18 nitrogen and oxygen atoms in total. The lowest BCUT2D eigenvalue weighted by Gasteiger charge is -2.27. The molecule has 0 aliphatic rings. The van der Waals surface area contributed by atoms with Crippen LogP contribution >= 0.6 is 0 Å². The Hall–Kier alpha value is -4.65. The van der Waals surface area contributed by atoms with Crippen LogP contribution in [0.1, 0.15) is 32.3 Å². The SMILES string of the molecule is C[C@@H](O)[C@H](NC(=O)CNC(=O)[C@@H](N)CCC(N)=O)C(=O)N[C@@H](Cc1ccccc1)C(=O)N[C@H](C(=O)N[C@@H](CO)C(=O)O)[C@@H](C)O. The van der Waals surface area contributed by atoms with Crippen LogP contribution in [0.15, 0.2) is 30.3 Å². The highest BCUT2D eigenvalue weighted by Gasteiger charge is 2.34. The first-order valence-electron chi connectivity index (χ1n) is 13.8. The Balaban J connectivity index is 3.07. The second kappa shape index (κ2) is 18.9. The van der Waals surface area contributed by atoms with Crippen LogP contribution in [-0.4, -0.2) is 117 Å². The summed E-state index contributed by atoms with van der Waals surface area (Å²) in [6.45, 7) is 0.714. The summed E-state index contributed by atoms with van der Waals surface area (Å²) in [6.07, 6.45) is -3.41. The average molecular weight is 640 g/mol. The first kappa shape index (κ1) is 38.4. The predicted octanol–water partition coefficient (Wildman–Crippen LogP) is -5.28. The number of hydrogen-bond acceptors (Lipinski definition) is 11. The van der Waals surface area contributed by atoms with Crippen LogP contribution in [0.4, 0.5) is 0 Å². The van der Waals surface area contributed by atoms with Gasteiger partial charge in [0.05, 0.1) is 31.4 Å². The van der Waals surface area contributed by atoms with E-state index in [0.717, 1.165) is 6.92 Å². The van der Waals surface area contributed by atoms with Gasteiger partial charge in [0.15, 0.2) is 0 Å². The van der Waals surface area contributed by atoms with Crippen molar-refractivity contribution in [2.45, 2.75) is 75.5 Å². The van der Waals surface area contributed by atoms with E-state index < -0.39 is 97.0 Å². The Labute approximate surface area is 258 Å². The zero-order valence-electron chi connectivity index (χ0n) is 24.8. The molecule has 0 aliphatic carbocycles. The van der Waals surface area contributed by atoms with Crippen LogP contribution in [0.3, 0.4) is 0 Å². The first-order valence-corrected chi connectivity index (χ1v) is 13.8. The highest BCUT2D eigenvalue weighted by atomic mass is 16.4. The Morgan fingerprint density at radius 3 is 1.80 bits per heavy atom. The number of carbonyl (C=O) groups excluding carboxylic acids is 6. The maximum atomic E-state index is 13.3. The molecule has 0 unspecified atom stereocenters. The minimum Gasteiger partial charge on any atom is -0.480 e. The Bertz CT molecular complexity index is 1200. The summed E-state index contributed by atoms with van der Waals surface area (Å²) < 4.78 is 0. The summed E-state index contributed by atoms with van der Waals surface area (Å²) in [5.41, 5.74) is 11.2. The molecule has 18 heteroatoms. The van der Waals surface area contributed by atoms with Gasteiger partial charge in [-0.05, 0) is 25.8 Å². The number of rotatable bonds is 19. The summed E-state index contributed by atoms with van der Waals surface area (Å²) in [5.74, 6) is -7.05. The van der Waals surface area contributed by atoms with Gasteiger partial charge >= 0.3 is 5.97 Å². The molecule has 6 amide bonds. The van der Waals surface area contributed by atoms with E-state index >= 15 is 0 Å². The molecule has 13 N–H and O–H groups in total. The number of nitrogens with two attached hydrogens (primary N) is 2. The van der Waals surface area contributed by atoms with Crippen LogP contribution in [-0.2, 0) is 40.0 Å². The standard InChI is InChI=1S/C27H41N7O11/c1-13(36)21(33-20(39)11-30-23(40)16(28)8-9-19(29)38)25(42)31-17(10-15-6-4-3-5-7-15)24(41)34-22(14(2)37)26(43)32-18(12-35)27(44)45/h3-7,13-14,16-18,21-22,35-37H,8-12,28H2,1-2H3,(H2,29,38)(H,30,40)(H,31,42)(H,32,43)(H,33,39)(H,34,41)(H,44,45)/t13-,14-,16+,17+,18+,21+,22+/m1/s1. The van der Waals surface area contributed by atoms with E-state index in [1.54, 1.807) is 30.3 Å². The molecule has 1 aromatic carbocycles. The van der Waals surface area contributed by atoms with Gasteiger partial charge in [-0.25, -0.2) is 4.79 Å². The molecule has 45 heavy (non-hydrogen) atoms. The molecular weight excluding hydrogens is 598 g/mol. The molecule has 1 rings (SSSR count). The monoisotopic (exact) mass is 639 g/mol. The maximum absolute atomic E-state index is 13.3. The lowest BCUT2D eigenvalue weighted by atomic mass is 10.0. The van der Waals surface area contributed by atoms with Crippen molar-refractivity contribution in [2.24, 2.45) is 11.5 Å². The van der Waals surface area contributed by atoms with Gasteiger partial charge in [0.25, 0.3) is 0 Å². The highest BCUT2D eigenvalue weighted by molar-refractivity contribution is 5.96. The van der Waals surface area contributed by atoms with Crippen molar-refractivity contribution in [3.05, 3.63) is 35.9 Å². The van der Waals surface area contributed by atoms with E-state index in [-0.39, 0.29) is 19.3 Å². The van der Waals surface area contributed by atoms with Crippen LogP contribution in [0.5, 0.6) is 0 Å². The molecule has 0 saturated carbocycles. The third-order valence-corrected chi connectivity index (χ3v) is 6.32. The minimum atomic E-state index is -1.72. The zero-order valence-corrected chi connectivity index (χ0v) is 24.8. The van der Waals surface area contributed by atoms with Crippen molar-refractivity contribution < 1.29 is 54.0 Å². The molecule has 0 heterocycles. The molecule has 250 valence electrons. The van der Waals surface area contributed by atoms with Crippen molar-refractivity contribution in [1.82, 2.24) is 26.6 Å². The molecule has 0 radical (unpaired) electrons. The third-order valence-electron chi connectivity index (χ3n) is 6.32. The van der Waals surface area contributed by atoms with Gasteiger partial charge in [-0.1, -0.05) is 30.3 Å². The van der Waals surface area contributed by atoms with Gasteiger partial charge < -0.3 is 58.5 Å². The van der Waals surface area contributed by atoms with E-state index in [2.05, 4.69) is 21.3 Å². The lowest BCUT2D eigenvalue weighted by Crippen LogP contribution is -2.62. The third kappa shape index (κ3) is 13.7. The largest absolute Gasteiger partial charge is 0.480 e. The number of carboxylic acid groups (broad SMARTS) is 1. The predicted molar refractivity (Wildman–Crippen MR) is 155 cm³/mol. The molecule has 7 atom stereocenters. The molecule has 0 aliphatic heterocycles. The van der Waals surface area contributed by atoms with E-state index in [9.17, 15) is 48.9 Å². The molecule has 1 aromatic rings. The number of carboxylic acids is 1. The van der Waals surface area contributed by atoms with Crippen molar-refractivity contribution in [1.29, 1.82) is 0 Å². The van der Waals surface area contributed by atoms with Gasteiger partial charge in [0, 0.05) is 12.8 Å². The Morgan fingerprint density at radius 2 is 1.31 bits per heavy atom. The molecule has 0 bridgehead atoms. The Kier molecular flexibility index (Phi) is 16.1. The zero-order chi connectivity index (χ0) is 34.3. The number of amides is 6. The molecule has 0 saturated heterocycles. The fraction of sp³-hybridized carbons (Fsp3) is 0.519. The van der Waals surface area contributed by atoms with Gasteiger partial charge in [-0.15, -0.1) is 0 Å². The van der Waals surface area contributed by atoms with Gasteiger partial charge in [-0.2, -0.15) is 0 Å². The normalized spacial score (nSPS) is 15.5. The molecule has 0 aromatic heterocycles. The summed E-state index contributed by atoms with van der Waals surface area (Å²) in [5, 5.41) is 49.7. The lowest BCUT2D eigenvalue weighted by molar-refractivity contribution is -0.144. The van der Waals surface area contributed by atoms with Crippen LogP contribution in [0, 0.1) is 0 Å². The number of aliphatic carboxylic acids is 1. The van der Waals surface area contributed by atoms with E-state index in [4.69, 9.17) is 16.6 Å². The van der Waals surface area contributed by atoms with Gasteiger partial charge in [0.1, 0.15) is 24.2 Å². The molecule has 0 spiro atoms. The fourth-order valence-corrected chi connectivity index (χ4v) is 3.78. The fourth-order valence-electron chi connectivity index (χ4n) is 3.78. The van der Waals surface area contributed by atoms with Crippen LogP contribution < -0.4 is 38.1 Å². The Morgan fingerprint density at radius 1 is 0.778 bits per heavy atom. The summed E-state index contributed by atoms with van der Waals surface area (Å²) in [6, 6.07) is 0.663. The smallest absolute Gasteiger partial charge is 0.328 e. The minimum absolute atomic E-state index is 0.0640. The van der Waals surface area contributed by atoms with Crippen molar-refractivity contribution in [2.75, 3.05) is 13.2 Å². The van der Waals surface area contributed by atoms with Crippen molar-refractivity contribution in [3.8, 4) is 0 Å². The number of benzene rings is 1. The molecular formula is C27H41N7O11. The number of primary amides is 1. The van der Waals surface area contributed by atoms with E-state index in [1.807, 2.05) is 5.32 Å². The van der Waals surface area contributed by atoms with Gasteiger partial charge in [-0.3, -0.25) is 28.8 Å². The topological polar surface area (TPSA) is 313 Å². The summed E-state index contributed by atoms with van der Waals surface area (Å²) in [4.78, 5) is 85.8. The molecule has 0 fully saturated rings. The van der Waals surface area contributed by atoms with Crippen LogP contribution in [0.25, 0.3) is 0 Å². The number of carbonyl (C=O) groups is 7. The van der Waals surface area contributed by atoms with Crippen molar-refractivity contribution in [3.63, 3.8) is 0 Å². The number of hydrogen-bond donors (Lipinski definition) is 11. The van der Waals surface area contributed by atoms with Crippen LogP contribution in [0.2, 0.25) is 0 Å². The highest BCUT2D eigenvalue weighted by Crippen LogP contribution is 2.07. The average Bonchev–Trinajstić information content (AvgIpc) is 2.97. The van der Waals surface area contributed by atoms with E-state index in [1.165, 1.54) is 6.92 Å². The number of aliphatic hydroxyl groups excluding tert-OH is 3. The summed E-state index contributed by atoms with van der Waals surface area (Å²) in [7, 11) is 0. The maximum Gasteiger partial charge on any atom is 0.328 e. The number of nitrogens with one attached hydrogen (secondary N) is 5. The van der Waals surface area contributed by atoms with Gasteiger partial charge in [0.2, 0.25) is 35.4 Å². The quantitative estimate of drug-likeness (QED) is 0.0676.